The molecule has 2 aromatic rings. The summed E-state index contributed by atoms with van der Waals surface area (Å²) in [5, 5.41) is 12.3. The maximum atomic E-state index is 13.2. The van der Waals surface area contributed by atoms with E-state index in [1.165, 1.54) is 18.2 Å². The summed E-state index contributed by atoms with van der Waals surface area (Å²) < 4.78 is 18.8. The Morgan fingerprint density at radius 1 is 1.46 bits per heavy atom. The van der Waals surface area contributed by atoms with Crippen molar-refractivity contribution in [2.45, 2.75) is 18.9 Å². The summed E-state index contributed by atoms with van der Waals surface area (Å²) in [7, 11) is 0. The molecule has 126 valence electrons. The van der Waals surface area contributed by atoms with E-state index < -0.39 is 6.10 Å². The molecule has 0 fully saturated rings. The van der Waals surface area contributed by atoms with E-state index >= 15 is 0 Å². The number of ether oxygens (including phenoxy) is 1. The number of carbonyl (C=O) groups excluding carboxylic acids is 1. The first-order chi connectivity index (χ1) is 11.7. The van der Waals surface area contributed by atoms with E-state index in [4.69, 9.17) is 4.74 Å². The third-order valence-electron chi connectivity index (χ3n) is 4.06. The Morgan fingerprint density at radius 2 is 2.33 bits per heavy atom. The average Bonchev–Trinajstić information content (AvgIpc) is 3.02. The molecular weight excluding hydrogens is 311 g/mol. The molecule has 2 heterocycles. The van der Waals surface area contributed by atoms with Crippen LogP contribution >= 0.6 is 0 Å². The van der Waals surface area contributed by atoms with Gasteiger partial charge in [-0.2, -0.15) is 0 Å². The molecule has 1 aliphatic heterocycles. The van der Waals surface area contributed by atoms with Crippen LogP contribution in [0.4, 0.5) is 4.39 Å². The number of aromatic nitrogens is 1. The highest BCUT2D eigenvalue weighted by Crippen LogP contribution is 2.29. The lowest BCUT2D eigenvalue weighted by Gasteiger charge is -2.17. The summed E-state index contributed by atoms with van der Waals surface area (Å²) in [6.45, 7) is 0.306. The zero-order chi connectivity index (χ0) is 16.9. The van der Waals surface area contributed by atoms with Crippen LogP contribution in [0.3, 0.4) is 0 Å². The third kappa shape index (κ3) is 3.89. The summed E-state index contributed by atoms with van der Waals surface area (Å²) in [6, 6.07) is 8.01. The van der Waals surface area contributed by atoms with Gasteiger partial charge < -0.3 is 15.2 Å². The highest BCUT2D eigenvalue weighted by molar-refractivity contribution is 5.82. The van der Waals surface area contributed by atoms with Crippen molar-refractivity contribution >= 4 is 5.91 Å². The lowest BCUT2D eigenvalue weighted by molar-refractivity contribution is -0.127. The molecule has 1 aliphatic rings. The molecule has 0 radical (unpaired) electrons. The lowest BCUT2D eigenvalue weighted by Crippen LogP contribution is -2.40. The summed E-state index contributed by atoms with van der Waals surface area (Å²) in [5.41, 5.74) is 1.70. The Labute approximate surface area is 139 Å². The summed E-state index contributed by atoms with van der Waals surface area (Å²) in [5.74, 6) is -0.142. The van der Waals surface area contributed by atoms with Crippen LogP contribution in [-0.2, 0) is 17.6 Å². The van der Waals surface area contributed by atoms with Crippen molar-refractivity contribution in [2.24, 2.45) is 5.92 Å². The predicted molar refractivity (Wildman–Crippen MR) is 86.0 cm³/mol. The Morgan fingerprint density at radius 3 is 3.08 bits per heavy atom. The van der Waals surface area contributed by atoms with Crippen molar-refractivity contribution in [3.8, 4) is 5.75 Å². The third-order valence-corrected chi connectivity index (χ3v) is 4.06. The van der Waals surface area contributed by atoms with Crippen molar-refractivity contribution < 1.29 is 19.0 Å². The van der Waals surface area contributed by atoms with E-state index in [2.05, 4.69) is 10.3 Å². The van der Waals surface area contributed by atoms with Gasteiger partial charge in [-0.1, -0.05) is 6.07 Å². The average molecular weight is 330 g/mol. The monoisotopic (exact) mass is 330 g/mol. The molecule has 2 N–H and O–H groups in total. The van der Waals surface area contributed by atoms with Gasteiger partial charge in [0.2, 0.25) is 0 Å². The normalized spacial score (nSPS) is 17.0. The van der Waals surface area contributed by atoms with Gasteiger partial charge in [0.25, 0.3) is 5.91 Å². The van der Waals surface area contributed by atoms with E-state index in [0.717, 1.165) is 5.56 Å². The van der Waals surface area contributed by atoms with Crippen molar-refractivity contribution in [3.05, 3.63) is 59.7 Å². The number of benzene rings is 1. The Hall–Kier alpha value is -2.47. The molecule has 24 heavy (non-hydrogen) atoms. The van der Waals surface area contributed by atoms with Crippen LogP contribution in [0.15, 0.2) is 42.7 Å². The van der Waals surface area contributed by atoms with Crippen LogP contribution in [0, 0.1) is 11.7 Å². The highest BCUT2D eigenvalue weighted by Gasteiger charge is 2.29. The van der Waals surface area contributed by atoms with E-state index in [9.17, 15) is 14.3 Å². The highest BCUT2D eigenvalue weighted by atomic mass is 19.1. The maximum absolute atomic E-state index is 13.2. The molecule has 1 amide bonds. The molecule has 6 heteroatoms. The first-order valence-electron chi connectivity index (χ1n) is 7.88. The minimum Gasteiger partial charge on any atom is -0.480 e. The molecular formula is C18H19FN2O3. The maximum Gasteiger partial charge on any atom is 0.261 e. The van der Waals surface area contributed by atoms with Gasteiger partial charge in [0.05, 0.1) is 0 Å². The van der Waals surface area contributed by atoms with Gasteiger partial charge in [-0.15, -0.1) is 0 Å². The molecule has 2 atom stereocenters. The SMILES string of the molecule is O=C(NCC(CO)Cc1cccnc1)C1Cc2cc(F)ccc2O1. The first kappa shape index (κ1) is 16.4. The van der Waals surface area contributed by atoms with Crippen LogP contribution in [0.25, 0.3) is 0 Å². The molecule has 3 rings (SSSR count). The van der Waals surface area contributed by atoms with Gasteiger partial charge >= 0.3 is 0 Å². The number of aliphatic hydroxyl groups is 1. The minimum absolute atomic E-state index is 0.0356. The predicted octanol–water partition coefficient (Wildman–Crippen LogP) is 1.49. The smallest absolute Gasteiger partial charge is 0.261 e. The number of carbonyl (C=O) groups is 1. The van der Waals surface area contributed by atoms with Crippen LogP contribution < -0.4 is 10.1 Å². The fourth-order valence-electron chi connectivity index (χ4n) is 2.78. The first-order valence-corrected chi connectivity index (χ1v) is 7.88. The number of aliphatic hydroxyl groups excluding tert-OH is 1. The van der Waals surface area contributed by atoms with E-state index in [0.29, 0.717) is 30.7 Å². The van der Waals surface area contributed by atoms with E-state index in [1.54, 1.807) is 12.4 Å². The van der Waals surface area contributed by atoms with Gasteiger partial charge in [-0.25, -0.2) is 4.39 Å². The molecule has 1 aromatic heterocycles. The lowest BCUT2D eigenvalue weighted by atomic mass is 10.0. The van der Waals surface area contributed by atoms with Gasteiger partial charge in [0.1, 0.15) is 11.6 Å². The zero-order valence-electron chi connectivity index (χ0n) is 13.1. The molecule has 0 bridgehead atoms. The van der Waals surface area contributed by atoms with Gasteiger partial charge in [0.15, 0.2) is 6.10 Å². The molecule has 0 saturated heterocycles. The number of pyridine rings is 1. The van der Waals surface area contributed by atoms with E-state index in [-0.39, 0.29) is 24.2 Å². The van der Waals surface area contributed by atoms with Crippen molar-refractivity contribution in [1.29, 1.82) is 0 Å². The number of halogens is 1. The standard InChI is InChI=1S/C18H19FN2O3/c19-15-3-4-16-14(7-15)8-17(24-16)18(23)21-10-13(11-22)6-12-2-1-5-20-9-12/h1-5,7,9,13,17,22H,6,8,10-11H2,(H,21,23). The van der Waals surface area contributed by atoms with Crippen molar-refractivity contribution in [2.75, 3.05) is 13.2 Å². The van der Waals surface area contributed by atoms with E-state index in [1.807, 2.05) is 12.1 Å². The number of amides is 1. The Kier molecular flexibility index (Phi) is 5.05. The summed E-state index contributed by atoms with van der Waals surface area (Å²) in [4.78, 5) is 16.3. The molecule has 5 nitrogen and oxygen atoms in total. The van der Waals surface area contributed by atoms with Gasteiger partial charge in [-0.3, -0.25) is 9.78 Å². The topological polar surface area (TPSA) is 71.5 Å². The molecule has 2 unspecified atom stereocenters. The van der Waals surface area contributed by atoms with Crippen LogP contribution in [-0.4, -0.2) is 35.3 Å². The second-order valence-electron chi connectivity index (χ2n) is 5.92. The second kappa shape index (κ2) is 7.40. The number of hydrogen-bond acceptors (Lipinski definition) is 4. The number of hydrogen-bond donors (Lipinski definition) is 2. The largest absolute Gasteiger partial charge is 0.480 e. The fourth-order valence-corrected chi connectivity index (χ4v) is 2.78. The van der Waals surface area contributed by atoms with Crippen LogP contribution in [0.5, 0.6) is 5.75 Å². The Bertz CT molecular complexity index is 709. The van der Waals surface area contributed by atoms with Gasteiger partial charge in [0, 0.05) is 43.4 Å². The summed E-state index contributed by atoms with van der Waals surface area (Å²) in [6.07, 6.45) is 3.76. The quantitative estimate of drug-likeness (QED) is 0.842. The minimum atomic E-state index is -0.653. The Balaban J connectivity index is 1.52. The fraction of sp³-hybridized carbons (Fsp3) is 0.333. The van der Waals surface area contributed by atoms with Crippen molar-refractivity contribution in [1.82, 2.24) is 10.3 Å². The molecule has 1 aromatic carbocycles. The van der Waals surface area contributed by atoms with Crippen LogP contribution in [0.1, 0.15) is 11.1 Å². The second-order valence-corrected chi connectivity index (χ2v) is 5.92. The number of nitrogens with one attached hydrogen (secondary N) is 1. The molecule has 0 spiro atoms. The van der Waals surface area contributed by atoms with Crippen molar-refractivity contribution in [3.63, 3.8) is 0 Å². The molecule has 0 saturated carbocycles. The summed E-state index contributed by atoms with van der Waals surface area (Å²) >= 11 is 0. The molecule has 0 aliphatic carbocycles. The number of rotatable bonds is 6. The van der Waals surface area contributed by atoms with Gasteiger partial charge in [-0.05, 0) is 36.2 Å². The number of nitrogens with zero attached hydrogens (tertiary/aromatic N) is 1. The van der Waals surface area contributed by atoms with Crippen LogP contribution in [0.2, 0.25) is 0 Å². The zero-order valence-corrected chi connectivity index (χ0v) is 13.1. The number of fused-ring (bicyclic) bond motifs is 1.